The summed E-state index contributed by atoms with van der Waals surface area (Å²) in [5.74, 6) is -0.525. The van der Waals surface area contributed by atoms with Gasteiger partial charge in [0.25, 0.3) is 5.69 Å². The number of nitrogens with zero attached hydrogens (tertiary/aromatic N) is 1. The van der Waals surface area contributed by atoms with Gasteiger partial charge in [0.05, 0.1) is 4.92 Å². The van der Waals surface area contributed by atoms with Gasteiger partial charge < -0.3 is 5.32 Å². The number of carbonyl (C=O) groups excluding carboxylic acids is 2. The molecule has 24 heavy (non-hydrogen) atoms. The number of amides is 1. The number of ketones is 1. The lowest BCUT2D eigenvalue weighted by Gasteiger charge is -2.03. The van der Waals surface area contributed by atoms with Crippen molar-refractivity contribution >= 4 is 40.7 Å². The van der Waals surface area contributed by atoms with Gasteiger partial charge in [-0.05, 0) is 36.8 Å². The minimum absolute atomic E-state index is 0.0302. The molecule has 0 atom stereocenters. The molecule has 0 fully saturated rings. The number of benzene rings is 2. The summed E-state index contributed by atoms with van der Waals surface area (Å²) in [5.41, 5.74) is 1.22. The van der Waals surface area contributed by atoms with E-state index in [9.17, 15) is 19.7 Å². The molecular weight excluding hydrogens is 332 g/mol. The summed E-state index contributed by atoms with van der Waals surface area (Å²) in [4.78, 5) is 33.5. The average Bonchev–Trinajstić information content (AvgIpc) is 2.54. The number of nitrogens with one attached hydrogen (secondary N) is 1. The van der Waals surface area contributed by atoms with Crippen molar-refractivity contribution in [2.75, 3.05) is 5.32 Å². The van der Waals surface area contributed by atoms with Crippen LogP contribution < -0.4 is 5.32 Å². The third kappa shape index (κ3) is 4.50. The highest BCUT2D eigenvalue weighted by Crippen LogP contribution is 2.25. The van der Waals surface area contributed by atoms with Crippen LogP contribution in [0.3, 0.4) is 0 Å². The van der Waals surface area contributed by atoms with E-state index in [4.69, 9.17) is 11.6 Å². The number of hydrogen-bond donors (Lipinski definition) is 1. The number of carbonyl (C=O) groups is 2. The van der Waals surface area contributed by atoms with Crippen LogP contribution >= 0.6 is 11.6 Å². The van der Waals surface area contributed by atoms with Crippen LogP contribution in [0.15, 0.2) is 48.5 Å². The highest BCUT2D eigenvalue weighted by atomic mass is 35.5. The van der Waals surface area contributed by atoms with Gasteiger partial charge in [-0.1, -0.05) is 29.8 Å². The first kappa shape index (κ1) is 17.4. The van der Waals surface area contributed by atoms with Crippen molar-refractivity contribution in [2.45, 2.75) is 6.92 Å². The molecule has 6 nitrogen and oxygen atoms in total. The molecule has 0 aliphatic rings. The second kappa shape index (κ2) is 7.52. The van der Waals surface area contributed by atoms with Crippen LogP contribution in [0.4, 0.5) is 11.4 Å². The molecule has 1 amide bonds. The molecule has 0 radical (unpaired) electrons. The van der Waals surface area contributed by atoms with Crippen LogP contribution in [-0.2, 0) is 4.79 Å². The van der Waals surface area contributed by atoms with Crippen molar-refractivity contribution in [3.05, 3.63) is 74.8 Å². The van der Waals surface area contributed by atoms with Crippen LogP contribution in [0.5, 0.6) is 0 Å². The van der Waals surface area contributed by atoms with Crippen molar-refractivity contribution in [3.63, 3.8) is 0 Å². The Balaban J connectivity index is 2.11. The summed E-state index contributed by atoms with van der Waals surface area (Å²) in [7, 11) is 0. The molecule has 0 saturated carbocycles. The van der Waals surface area contributed by atoms with E-state index in [1.54, 1.807) is 30.3 Å². The van der Waals surface area contributed by atoms with E-state index in [2.05, 4.69) is 5.32 Å². The van der Waals surface area contributed by atoms with Gasteiger partial charge in [-0.2, -0.15) is 0 Å². The Hall–Kier alpha value is -2.99. The molecule has 0 bridgehead atoms. The predicted molar refractivity (Wildman–Crippen MR) is 92.2 cm³/mol. The highest BCUT2D eigenvalue weighted by Gasteiger charge is 2.11. The number of anilines is 1. The second-order valence-electron chi connectivity index (χ2n) is 4.93. The monoisotopic (exact) mass is 344 g/mol. The summed E-state index contributed by atoms with van der Waals surface area (Å²) >= 11 is 5.73. The van der Waals surface area contributed by atoms with Crippen LogP contribution in [0, 0.1) is 10.1 Å². The molecule has 0 spiro atoms. The Kier molecular flexibility index (Phi) is 5.44. The zero-order valence-corrected chi connectivity index (χ0v) is 13.4. The first-order chi connectivity index (χ1) is 11.4. The summed E-state index contributed by atoms with van der Waals surface area (Å²) in [6.45, 7) is 1.44. The minimum Gasteiger partial charge on any atom is -0.322 e. The van der Waals surface area contributed by atoms with Gasteiger partial charge in [-0.3, -0.25) is 19.7 Å². The normalized spacial score (nSPS) is 10.6. The fourth-order valence-electron chi connectivity index (χ4n) is 1.95. The minimum atomic E-state index is -0.590. The number of Topliss-reactive ketones (excluding diaryl/α,β-unsaturated/α-hetero) is 1. The molecule has 0 unspecified atom stereocenters. The lowest BCUT2D eigenvalue weighted by molar-refractivity contribution is -0.384. The average molecular weight is 345 g/mol. The maximum Gasteiger partial charge on any atom is 0.288 e. The van der Waals surface area contributed by atoms with Crippen LogP contribution in [-0.4, -0.2) is 16.6 Å². The molecule has 2 aromatic carbocycles. The molecule has 2 aromatic rings. The molecule has 0 saturated heterocycles. The molecule has 0 aliphatic heterocycles. The first-order valence-electron chi connectivity index (χ1n) is 6.91. The Labute approximate surface area is 142 Å². The zero-order chi connectivity index (χ0) is 17.7. The fraction of sp³-hybridized carbons (Fsp3) is 0.0588. The van der Waals surface area contributed by atoms with Gasteiger partial charge in [-0.25, -0.2) is 0 Å². The molecule has 0 aromatic heterocycles. The van der Waals surface area contributed by atoms with Gasteiger partial charge >= 0.3 is 0 Å². The van der Waals surface area contributed by atoms with E-state index in [-0.39, 0.29) is 16.5 Å². The van der Waals surface area contributed by atoms with E-state index >= 15 is 0 Å². The summed E-state index contributed by atoms with van der Waals surface area (Å²) in [6.07, 6.45) is 2.68. The number of rotatable bonds is 5. The Bertz CT molecular complexity index is 846. The highest BCUT2D eigenvalue weighted by molar-refractivity contribution is 6.32. The van der Waals surface area contributed by atoms with E-state index < -0.39 is 10.8 Å². The molecule has 1 N–H and O–H groups in total. The van der Waals surface area contributed by atoms with Crippen molar-refractivity contribution < 1.29 is 14.5 Å². The Morgan fingerprint density at radius 1 is 1.21 bits per heavy atom. The molecule has 2 rings (SSSR count). The third-order valence-corrected chi connectivity index (χ3v) is 3.45. The van der Waals surface area contributed by atoms with E-state index in [1.165, 1.54) is 31.2 Å². The Morgan fingerprint density at radius 2 is 1.96 bits per heavy atom. The fourth-order valence-corrected chi connectivity index (χ4v) is 2.13. The van der Waals surface area contributed by atoms with Gasteiger partial charge in [0.2, 0.25) is 5.91 Å². The number of hydrogen-bond acceptors (Lipinski definition) is 4. The molecule has 122 valence electrons. The molecular formula is C17H13ClN2O4. The maximum atomic E-state index is 11.9. The molecule has 7 heteroatoms. The summed E-state index contributed by atoms with van der Waals surface area (Å²) < 4.78 is 0. The molecule has 0 aliphatic carbocycles. The van der Waals surface area contributed by atoms with Gasteiger partial charge in [0.1, 0.15) is 5.02 Å². The lowest BCUT2D eigenvalue weighted by atomic mass is 10.1. The second-order valence-corrected chi connectivity index (χ2v) is 5.33. The molecule has 0 heterocycles. The number of nitro benzene ring substituents is 1. The van der Waals surface area contributed by atoms with Crippen molar-refractivity contribution in [1.29, 1.82) is 0 Å². The van der Waals surface area contributed by atoms with Gasteiger partial charge in [0.15, 0.2) is 5.78 Å². The van der Waals surface area contributed by atoms with E-state index in [0.717, 1.165) is 0 Å². The standard InChI is InChI=1S/C17H13ClN2O4/c1-11(21)13-3-2-4-14(10-13)19-17(22)8-6-12-5-7-15(18)16(9-12)20(23)24/h2-10H,1H3,(H,19,22). The summed E-state index contributed by atoms with van der Waals surface area (Å²) in [6, 6.07) is 10.8. The van der Waals surface area contributed by atoms with Gasteiger partial charge in [-0.15, -0.1) is 0 Å². The predicted octanol–water partition coefficient (Wildman–Crippen LogP) is 4.10. The van der Waals surface area contributed by atoms with E-state index in [1.807, 2.05) is 0 Å². The van der Waals surface area contributed by atoms with Crippen LogP contribution in [0.2, 0.25) is 5.02 Å². The SMILES string of the molecule is CC(=O)c1cccc(NC(=O)C=Cc2ccc(Cl)c([N+](=O)[O-])c2)c1. The van der Waals surface area contributed by atoms with Crippen molar-refractivity contribution in [3.8, 4) is 0 Å². The summed E-state index contributed by atoms with van der Waals surface area (Å²) in [5, 5.41) is 13.5. The van der Waals surface area contributed by atoms with Crippen molar-refractivity contribution in [1.82, 2.24) is 0 Å². The smallest absolute Gasteiger partial charge is 0.288 e. The lowest BCUT2D eigenvalue weighted by Crippen LogP contribution is -2.08. The largest absolute Gasteiger partial charge is 0.322 e. The van der Waals surface area contributed by atoms with E-state index in [0.29, 0.717) is 16.8 Å². The number of nitro groups is 1. The topological polar surface area (TPSA) is 89.3 Å². The quantitative estimate of drug-likeness (QED) is 0.382. The Morgan fingerprint density at radius 3 is 2.62 bits per heavy atom. The van der Waals surface area contributed by atoms with Crippen molar-refractivity contribution in [2.24, 2.45) is 0 Å². The third-order valence-electron chi connectivity index (χ3n) is 3.13. The zero-order valence-electron chi connectivity index (χ0n) is 12.7. The maximum absolute atomic E-state index is 11.9. The van der Waals surface area contributed by atoms with Crippen LogP contribution in [0.25, 0.3) is 6.08 Å². The van der Waals surface area contributed by atoms with Crippen LogP contribution in [0.1, 0.15) is 22.8 Å². The van der Waals surface area contributed by atoms with Gasteiger partial charge in [0, 0.05) is 23.4 Å². The first-order valence-corrected chi connectivity index (χ1v) is 7.28. The number of halogens is 1.